The number of nitrogens with one attached hydrogen (secondary N) is 1. The standard InChI is InChI=1S/C17H13N3O3/c21-16(11-23-17(22)15-10-18-7-8-19-15)20-14-6-5-12-3-1-2-4-13(12)9-14/h1-10H,11H2,(H,20,21). The Morgan fingerprint density at radius 2 is 1.87 bits per heavy atom. The van der Waals surface area contributed by atoms with Crippen LogP contribution in [0.2, 0.25) is 0 Å². The lowest BCUT2D eigenvalue weighted by atomic mass is 10.1. The fraction of sp³-hybridized carbons (Fsp3) is 0.0588. The van der Waals surface area contributed by atoms with Crippen LogP contribution in [0.1, 0.15) is 10.5 Å². The topological polar surface area (TPSA) is 81.2 Å². The zero-order chi connectivity index (χ0) is 16.1. The molecule has 0 aliphatic heterocycles. The van der Waals surface area contributed by atoms with Gasteiger partial charge in [-0.05, 0) is 22.9 Å². The van der Waals surface area contributed by atoms with E-state index in [9.17, 15) is 9.59 Å². The maximum Gasteiger partial charge on any atom is 0.359 e. The summed E-state index contributed by atoms with van der Waals surface area (Å²) in [7, 11) is 0. The van der Waals surface area contributed by atoms with Gasteiger partial charge < -0.3 is 10.1 Å². The fourth-order valence-electron chi connectivity index (χ4n) is 2.07. The molecule has 0 aliphatic carbocycles. The molecule has 2 aromatic carbocycles. The van der Waals surface area contributed by atoms with Gasteiger partial charge in [0.25, 0.3) is 5.91 Å². The van der Waals surface area contributed by atoms with Crippen molar-refractivity contribution in [1.82, 2.24) is 9.97 Å². The van der Waals surface area contributed by atoms with Gasteiger partial charge in [-0.3, -0.25) is 9.78 Å². The Morgan fingerprint density at radius 1 is 1.04 bits per heavy atom. The van der Waals surface area contributed by atoms with E-state index in [1.807, 2.05) is 36.4 Å². The van der Waals surface area contributed by atoms with Crippen molar-refractivity contribution >= 4 is 28.3 Å². The van der Waals surface area contributed by atoms with Crippen LogP contribution < -0.4 is 5.32 Å². The van der Waals surface area contributed by atoms with Crippen molar-refractivity contribution in [3.8, 4) is 0 Å². The second-order valence-corrected chi connectivity index (χ2v) is 4.78. The van der Waals surface area contributed by atoms with Crippen LogP contribution in [0.15, 0.2) is 61.1 Å². The highest BCUT2D eigenvalue weighted by molar-refractivity contribution is 5.96. The van der Waals surface area contributed by atoms with E-state index in [2.05, 4.69) is 15.3 Å². The Bertz CT molecular complexity index is 850. The first-order valence-corrected chi connectivity index (χ1v) is 6.94. The molecular weight excluding hydrogens is 294 g/mol. The average molecular weight is 307 g/mol. The second kappa shape index (κ2) is 6.65. The first-order valence-electron chi connectivity index (χ1n) is 6.94. The maximum absolute atomic E-state index is 11.9. The van der Waals surface area contributed by atoms with Crippen molar-refractivity contribution in [2.45, 2.75) is 0 Å². The monoisotopic (exact) mass is 307 g/mol. The average Bonchev–Trinajstić information content (AvgIpc) is 2.60. The first kappa shape index (κ1) is 14.6. The number of anilines is 1. The van der Waals surface area contributed by atoms with Crippen molar-refractivity contribution in [1.29, 1.82) is 0 Å². The smallest absolute Gasteiger partial charge is 0.359 e. The van der Waals surface area contributed by atoms with Gasteiger partial charge in [0.1, 0.15) is 0 Å². The van der Waals surface area contributed by atoms with E-state index in [0.29, 0.717) is 5.69 Å². The molecule has 0 saturated carbocycles. The lowest BCUT2D eigenvalue weighted by Crippen LogP contribution is -2.21. The summed E-state index contributed by atoms with van der Waals surface area (Å²) >= 11 is 0. The van der Waals surface area contributed by atoms with E-state index in [1.54, 1.807) is 6.07 Å². The molecule has 23 heavy (non-hydrogen) atoms. The van der Waals surface area contributed by atoms with Crippen LogP contribution in [0.4, 0.5) is 5.69 Å². The minimum Gasteiger partial charge on any atom is -0.451 e. The van der Waals surface area contributed by atoms with E-state index >= 15 is 0 Å². The zero-order valence-electron chi connectivity index (χ0n) is 12.1. The molecule has 3 aromatic rings. The number of fused-ring (bicyclic) bond motifs is 1. The summed E-state index contributed by atoms with van der Waals surface area (Å²) in [5.74, 6) is -1.11. The Balaban J connectivity index is 1.59. The van der Waals surface area contributed by atoms with Gasteiger partial charge in [0, 0.05) is 18.1 Å². The number of hydrogen-bond acceptors (Lipinski definition) is 5. The summed E-state index contributed by atoms with van der Waals surface area (Å²) in [5, 5.41) is 4.79. The van der Waals surface area contributed by atoms with Gasteiger partial charge in [-0.15, -0.1) is 0 Å². The van der Waals surface area contributed by atoms with Gasteiger partial charge in [0.2, 0.25) is 0 Å². The molecule has 0 atom stereocenters. The molecule has 114 valence electrons. The summed E-state index contributed by atoms with van der Waals surface area (Å²) in [4.78, 5) is 31.1. The minimum absolute atomic E-state index is 0.0611. The molecule has 0 unspecified atom stereocenters. The summed E-state index contributed by atoms with van der Waals surface area (Å²) in [6.07, 6.45) is 4.11. The van der Waals surface area contributed by atoms with Crippen LogP contribution in [-0.2, 0) is 9.53 Å². The highest BCUT2D eigenvalue weighted by Crippen LogP contribution is 2.18. The molecule has 0 spiro atoms. The van der Waals surface area contributed by atoms with Crippen molar-refractivity contribution in [2.24, 2.45) is 0 Å². The van der Waals surface area contributed by atoms with Crippen molar-refractivity contribution in [3.05, 3.63) is 66.7 Å². The number of esters is 1. The number of hydrogen-bond donors (Lipinski definition) is 1. The number of rotatable bonds is 4. The lowest BCUT2D eigenvalue weighted by molar-refractivity contribution is -0.119. The van der Waals surface area contributed by atoms with E-state index in [4.69, 9.17) is 4.74 Å². The second-order valence-electron chi connectivity index (χ2n) is 4.78. The molecule has 0 fully saturated rings. The molecule has 0 bridgehead atoms. The maximum atomic E-state index is 11.9. The molecule has 0 aliphatic rings. The van der Waals surface area contributed by atoms with Gasteiger partial charge in [0.15, 0.2) is 12.3 Å². The summed E-state index contributed by atoms with van der Waals surface area (Å²) < 4.78 is 4.90. The number of nitrogens with zero attached hydrogens (tertiary/aromatic N) is 2. The van der Waals surface area contributed by atoms with Crippen molar-refractivity contribution < 1.29 is 14.3 Å². The number of ether oxygens (including phenoxy) is 1. The molecule has 1 N–H and O–H groups in total. The molecule has 3 rings (SSSR count). The van der Waals surface area contributed by atoms with Gasteiger partial charge in [0.05, 0.1) is 6.20 Å². The molecule has 1 heterocycles. The molecule has 0 radical (unpaired) electrons. The van der Waals surface area contributed by atoms with Crippen LogP contribution in [0.25, 0.3) is 10.8 Å². The highest BCUT2D eigenvalue weighted by atomic mass is 16.5. The molecule has 1 amide bonds. The Kier molecular flexibility index (Phi) is 4.24. The third-order valence-electron chi connectivity index (χ3n) is 3.14. The normalized spacial score (nSPS) is 10.3. The quantitative estimate of drug-likeness (QED) is 0.749. The van der Waals surface area contributed by atoms with Crippen LogP contribution in [0.5, 0.6) is 0 Å². The summed E-state index contributed by atoms with van der Waals surface area (Å²) in [5.41, 5.74) is 0.704. The van der Waals surface area contributed by atoms with E-state index < -0.39 is 11.9 Å². The van der Waals surface area contributed by atoms with Gasteiger partial charge >= 0.3 is 5.97 Å². The summed E-state index contributed by atoms with van der Waals surface area (Å²) in [6, 6.07) is 13.4. The van der Waals surface area contributed by atoms with Crippen LogP contribution in [-0.4, -0.2) is 28.5 Å². The van der Waals surface area contributed by atoms with Crippen LogP contribution in [0.3, 0.4) is 0 Å². The highest BCUT2D eigenvalue weighted by Gasteiger charge is 2.11. The van der Waals surface area contributed by atoms with Crippen LogP contribution >= 0.6 is 0 Å². The predicted octanol–water partition coefficient (Wildman–Crippen LogP) is 2.43. The first-order chi connectivity index (χ1) is 11.2. The number of benzene rings is 2. The number of aromatic nitrogens is 2. The molecule has 0 saturated heterocycles. The van der Waals surface area contributed by atoms with E-state index in [-0.39, 0.29) is 12.3 Å². The lowest BCUT2D eigenvalue weighted by Gasteiger charge is -2.07. The van der Waals surface area contributed by atoms with Gasteiger partial charge in [-0.25, -0.2) is 9.78 Å². The van der Waals surface area contributed by atoms with E-state index in [0.717, 1.165) is 10.8 Å². The van der Waals surface area contributed by atoms with Crippen molar-refractivity contribution in [2.75, 3.05) is 11.9 Å². The molecule has 6 nitrogen and oxygen atoms in total. The third kappa shape index (κ3) is 3.68. The molecular formula is C17H13N3O3. The molecule has 1 aromatic heterocycles. The number of carbonyl (C=O) groups excluding carboxylic acids is 2. The largest absolute Gasteiger partial charge is 0.451 e. The zero-order valence-corrected chi connectivity index (χ0v) is 12.1. The van der Waals surface area contributed by atoms with E-state index in [1.165, 1.54) is 18.6 Å². The minimum atomic E-state index is -0.688. The van der Waals surface area contributed by atoms with Crippen molar-refractivity contribution in [3.63, 3.8) is 0 Å². The SMILES string of the molecule is O=C(COC(=O)c1cnccn1)Nc1ccc2ccccc2c1. The fourth-order valence-corrected chi connectivity index (χ4v) is 2.07. The third-order valence-corrected chi connectivity index (χ3v) is 3.14. The Morgan fingerprint density at radius 3 is 2.65 bits per heavy atom. The summed E-state index contributed by atoms with van der Waals surface area (Å²) in [6.45, 7) is -0.387. The predicted molar refractivity (Wildman–Crippen MR) is 84.9 cm³/mol. The Labute approximate surface area is 132 Å². The number of carbonyl (C=O) groups is 2. The van der Waals surface area contributed by atoms with Crippen LogP contribution in [0, 0.1) is 0 Å². The van der Waals surface area contributed by atoms with Gasteiger partial charge in [-0.1, -0.05) is 30.3 Å². The Hall–Kier alpha value is -3.28. The molecule has 6 heteroatoms. The van der Waals surface area contributed by atoms with Gasteiger partial charge in [-0.2, -0.15) is 0 Å². The number of amides is 1.